The number of thioether (sulfide) groups is 1. The average molecular weight is 437 g/mol. The Balaban J connectivity index is 1.43. The van der Waals surface area contributed by atoms with E-state index >= 15 is 0 Å². The van der Waals surface area contributed by atoms with Gasteiger partial charge >= 0.3 is 0 Å². The Kier molecular flexibility index (Phi) is 6.17. The highest BCUT2D eigenvalue weighted by Gasteiger charge is 2.15. The van der Waals surface area contributed by atoms with E-state index in [2.05, 4.69) is 51.7 Å². The molecule has 0 amide bonds. The summed E-state index contributed by atoms with van der Waals surface area (Å²) in [6, 6.07) is 15.9. The SMILES string of the molecule is Cc1ccc(C(C)C)c(OCc2nnc(SCc3nnnn3-c3ccccc3)n2N)c1. The number of benzene rings is 2. The molecule has 10 heteroatoms. The van der Waals surface area contributed by atoms with Crippen LogP contribution in [0, 0.1) is 6.92 Å². The maximum absolute atomic E-state index is 6.22. The first-order chi connectivity index (χ1) is 15.0. The molecular formula is C21H24N8OS. The zero-order valence-corrected chi connectivity index (χ0v) is 18.5. The smallest absolute Gasteiger partial charge is 0.210 e. The number of tetrazole rings is 1. The summed E-state index contributed by atoms with van der Waals surface area (Å²) < 4.78 is 9.18. The van der Waals surface area contributed by atoms with E-state index in [1.165, 1.54) is 16.4 Å². The summed E-state index contributed by atoms with van der Waals surface area (Å²) >= 11 is 1.41. The second-order valence-electron chi connectivity index (χ2n) is 7.38. The van der Waals surface area contributed by atoms with Crippen LogP contribution >= 0.6 is 11.8 Å². The first-order valence-electron chi connectivity index (χ1n) is 9.91. The first-order valence-corrected chi connectivity index (χ1v) is 10.9. The molecule has 0 aliphatic rings. The topological polar surface area (TPSA) is 110 Å². The Morgan fingerprint density at radius 3 is 2.61 bits per heavy atom. The average Bonchev–Trinajstić information content (AvgIpc) is 3.37. The van der Waals surface area contributed by atoms with Crippen LogP contribution in [0.1, 0.15) is 42.5 Å². The number of aromatic nitrogens is 7. The van der Waals surface area contributed by atoms with Gasteiger partial charge in [-0.25, -0.2) is 4.68 Å². The number of nitrogens with zero attached hydrogens (tertiary/aromatic N) is 7. The molecule has 0 saturated carbocycles. The monoisotopic (exact) mass is 436 g/mol. The lowest BCUT2D eigenvalue weighted by Crippen LogP contribution is -2.16. The molecule has 2 aromatic carbocycles. The fourth-order valence-electron chi connectivity index (χ4n) is 3.08. The van der Waals surface area contributed by atoms with Crippen molar-refractivity contribution in [2.24, 2.45) is 0 Å². The van der Waals surface area contributed by atoms with Crippen molar-refractivity contribution >= 4 is 11.8 Å². The van der Waals surface area contributed by atoms with E-state index in [9.17, 15) is 0 Å². The summed E-state index contributed by atoms with van der Waals surface area (Å²) in [6.45, 7) is 6.55. The highest BCUT2D eigenvalue weighted by atomic mass is 32.2. The summed E-state index contributed by atoms with van der Waals surface area (Å²) in [5.74, 6) is 9.14. The highest BCUT2D eigenvalue weighted by molar-refractivity contribution is 7.98. The molecule has 0 saturated heterocycles. The van der Waals surface area contributed by atoms with Gasteiger partial charge in [-0.2, -0.15) is 4.68 Å². The van der Waals surface area contributed by atoms with Crippen LogP contribution in [0.3, 0.4) is 0 Å². The number of para-hydroxylation sites is 1. The predicted octanol–water partition coefficient (Wildman–Crippen LogP) is 3.27. The quantitative estimate of drug-likeness (QED) is 0.331. The van der Waals surface area contributed by atoms with E-state index in [1.54, 1.807) is 4.68 Å². The number of hydrogen-bond donors (Lipinski definition) is 1. The lowest BCUT2D eigenvalue weighted by molar-refractivity contribution is 0.287. The molecule has 31 heavy (non-hydrogen) atoms. The van der Waals surface area contributed by atoms with Crippen LogP contribution in [0.5, 0.6) is 5.75 Å². The molecule has 0 fully saturated rings. The minimum Gasteiger partial charge on any atom is -0.485 e. The molecule has 0 atom stereocenters. The van der Waals surface area contributed by atoms with Gasteiger partial charge in [-0.05, 0) is 52.6 Å². The predicted molar refractivity (Wildman–Crippen MR) is 118 cm³/mol. The van der Waals surface area contributed by atoms with Crippen molar-refractivity contribution in [1.82, 2.24) is 35.1 Å². The molecule has 2 N–H and O–H groups in total. The number of ether oxygens (including phenoxy) is 1. The second-order valence-corrected chi connectivity index (χ2v) is 8.33. The molecule has 0 unspecified atom stereocenters. The summed E-state index contributed by atoms with van der Waals surface area (Å²) in [6.07, 6.45) is 0. The van der Waals surface area contributed by atoms with Gasteiger partial charge in [0.25, 0.3) is 0 Å². The third-order valence-electron chi connectivity index (χ3n) is 4.75. The normalized spacial score (nSPS) is 11.2. The molecule has 4 rings (SSSR count). The van der Waals surface area contributed by atoms with Crippen LogP contribution in [-0.2, 0) is 12.4 Å². The minimum absolute atomic E-state index is 0.231. The minimum atomic E-state index is 0.231. The van der Waals surface area contributed by atoms with Crippen LogP contribution in [0.25, 0.3) is 5.69 Å². The fraction of sp³-hybridized carbons (Fsp3) is 0.286. The van der Waals surface area contributed by atoms with E-state index in [0.717, 1.165) is 22.6 Å². The molecule has 2 heterocycles. The van der Waals surface area contributed by atoms with Gasteiger partial charge in [0.2, 0.25) is 5.16 Å². The number of aryl methyl sites for hydroxylation is 1. The van der Waals surface area contributed by atoms with Gasteiger partial charge in [0.05, 0.1) is 11.4 Å². The Hall–Kier alpha value is -3.40. The van der Waals surface area contributed by atoms with Crippen molar-refractivity contribution in [2.45, 2.75) is 44.2 Å². The molecule has 4 aromatic rings. The molecule has 2 aromatic heterocycles. The van der Waals surface area contributed by atoms with Crippen LogP contribution in [0.4, 0.5) is 0 Å². The van der Waals surface area contributed by atoms with Crippen LogP contribution in [0.15, 0.2) is 53.7 Å². The molecule has 0 aliphatic heterocycles. The van der Waals surface area contributed by atoms with Crippen LogP contribution < -0.4 is 10.6 Å². The molecule has 9 nitrogen and oxygen atoms in total. The zero-order chi connectivity index (χ0) is 21.8. The largest absolute Gasteiger partial charge is 0.485 e. The summed E-state index contributed by atoms with van der Waals surface area (Å²) in [5, 5.41) is 20.9. The Bertz CT molecular complexity index is 1160. The molecule has 0 spiro atoms. The van der Waals surface area contributed by atoms with Crippen molar-refractivity contribution < 1.29 is 4.74 Å². The van der Waals surface area contributed by atoms with Crippen LogP contribution in [-0.4, -0.2) is 35.1 Å². The van der Waals surface area contributed by atoms with Crippen molar-refractivity contribution in [1.29, 1.82) is 0 Å². The molecule has 0 bridgehead atoms. The Morgan fingerprint density at radius 1 is 1.03 bits per heavy atom. The van der Waals surface area contributed by atoms with Gasteiger partial charge in [0, 0.05) is 0 Å². The molecule has 0 radical (unpaired) electrons. The first kappa shape index (κ1) is 20.9. The zero-order valence-electron chi connectivity index (χ0n) is 17.6. The highest BCUT2D eigenvalue weighted by Crippen LogP contribution is 2.28. The second kappa shape index (κ2) is 9.17. The summed E-state index contributed by atoms with van der Waals surface area (Å²) in [4.78, 5) is 0. The van der Waals surface area contributed by atoms with Gasteiger partial charge in [0.15, 0.2) is 11.6 Å². The Labute approximate surface area is 184 Å². The van der Waals surface area contributed by atoms with Gasteiger partial charge in [-0.3, -0.25) is 0 Å². The standard InChI is InChI=1S/C21H24N8OS/c1-14(2)17-10-9-15(3)11-18(17)30-12-19-23-25-21(28(19)22)31-13-20-24-26-27-29(20)16-7-5-4-6-8-16/h4-11,14H,12-13,22H2,1-3H3. The fourth-order valence-corrected chi connectivity index (χ4v) is 3.87. The van der Waals surface area contributed by atoms with Crippen molar-refractivity contribution in [2.75, 3.05) is 5.84 Å². The maximum Gasteiger partial charge on any atom is 0.210 e. The maximum atomic E-state index is 6.22. The summed E-state index contributed by atoms with van der Waals surface area (Å²) in [7, 11) is 0. The van der Waals surface area contributed by atoms with E-state index < -0.39 is 0 Å². The van der Waals surface area contributed by atoms with E-state index in [0.29, 0.717) is 28.5 Å². The number of rotatable bonds is 8. The van der Waals surface area contributed by atoms with Crippen molar-refractivity contribution in [3.63, 3.8) is 0 Å². The van der Waals surface area contributed by atoms with E-state index in [1.807, 2.05) is 43.3 Å². The van der Waals surface area contributed by atoms with Crippen LogP contribution in [0.2, 0.25) is 0 Å². The van der Waals surface area contributed by atoms with Gasteiger partial charge in [-0.1, -0.05) is 55.9 Å². The number of nitrogen functional groups attached to an aromatic ring is 1. The lowest BCUT2D eigenvalue weighted by Gasteiger charge is -2.14. The summed E-state index contributed by atoms with van der Waals surface area (Å²) in [5.41, 5.74) is 3.18. The Morgan fingerprint density at radius 2 is 1.84 bits per heavy atom. The van der Waals surface area contributed by atoms with Gasteiger partial charge in [0.1, 0.15) is 12.4 Å². The third kappa shape index (κ3) is 4.69. The van der Waals surface area contributed by atoms with Gasteiger partial charge < -0.3 is 10.6 Å². The van der Waals surface area contributed by atoms with E-state index in [-0.39, 0.29) is 6.61 Å². The number of nitrogens with two attached hydrogens (primary N) is 1. The van der Waals surface area contributed by atoms with Crippen molar-refractivity contribution in [3.05, 3.63) is 71.3 Å². The number of hydrogen-bond acceptors (Lipinski definition) is 8. The van der Waals surface area contributed by atoms with E-state index in [4.69, 9.17) is 10.6 Å². The molecule has 0 aliphatic carbocycles. The van der Waals surface area contributed by atoms with Crippen molar-refractivity contribution in [3.8, 4) is 11.4 Å². The third-order valence-corrected chi connectivity index (χ3v) is 5.69. The van der Waals surface area contributed by atoms with Gasteiger partial charge in [-0.15, -0.1) is 15.3 Å². The lowest BCUT2D eigenvalue weighted by atomic mass is 10.0. The molecular weight excluding hydrogens is 412 g/mol. The molecule has 160 valence electrons.